The van der Waals surface area contributed by atoms with Gasteiger partial charge in [-0.05, 0) is 111 Å². The fraction of sp³-hybridized carbons (Fsp3) is 0.145. The summed E-state index contributed by atoms with van der Waals surface area (Å²) in [4.78, 5) is 10.1. The average Bonchev–Trinajstić information content (AvgIpc) is 3.60. The van der Waals surface area contributed by atoms with Crippen LogP contribution >= 0.6 is 0 Å². The van der Waals surface area contributed by atoms with Crippen LogP contribution in [0.25, 0.3) is 83.5 Å². The molecule has 1 N–H and O–H groups in total. The molecule has 60 heavy (non-hydrogen) atoms. The molecule has 0 aliphatic rings. The number of aromatic nitrogens is 3. The highest BCUT2D eigenvalue weighted by Crippen LogP contribution is 2.41. The molecule has 0 unspecified atom stereocenters. The molecule has 0 radical (unpaired) electrons. The number of para-hydroxylation sites is 3. The van der Waals surface area contributed by atoms with Crippen LogP contribution in [-0.2, 0) is 10.8 Å². The maximum absolute atomic E-state index is 11.1. The third-order valence-electron chi connectivity index (χ3n) is 11.5. The van der Waals surface area contributed by atoms with Crippen LogP contribution in [0, 0.1) is 11.3 Å². The average molecular weight is 779 g/mol. The Bertz CT molecular complexity index is 3100. The van der Waals surface area contributed by atoms with Gasteiger partial charge in [0.15, 0.2) is 0 Å². The van der Waals surface area contributed by atoms with E-state index in [0.29, 0.717) is 16.8 Å². The van der Waals surface area contributed by atoms with E-state index in [-0.39, 0.29) is 16.6 Å². The van der Waals surface area contributed by atoms with Crippen LogP contribution in [0.1, 0.15) is 58.2 Å². The maximum atomic E-state index is 11.1. The van der Waals surface area contributed by atoms with Crippen molar-refractivity contribution in [1.29, 1.82) is 5.26 Å². The summed E-state index contributed by atoms with van der Waals surface area (Å²) in [5, 5.41) is 23.0. The maximum Gasteiger partial charge on any atom is 0.124 e. The van der Waals surface area contributed by atoms with Gasteiger partial charge in [0.25, 0.3) is 0 Å². The number of phenols is 1. The third kappa shape index (κ3) is 7.11. The largest absolute Gasteiger partial charge is 0.507 e. The summed E-state index contributed by atoms with van der Waals surface area (Å²) in [5.41, 5.74) is 15.4. The van der Waals surface area contributed by atoms with Crippen molar-refractivity contribution in [2.24, 2.45) is 0 Å². The third-order valence-corrected chi connectivity index (χ3v) is 11.5. The first-order valence-corrected chi connectivity index (χ1v) is 20.4. The van der Waals surface area contributed by atoms with Gasteiger partial charge in [-0.15, -0.1) is 0 Å². The minimum absolute atomic E-state index is 0.0488. The lowest BCUT2D eigenvalue weighted by molar-refractivity contribution is 0.477. The predicted octanol–water partition coefficient (Wildman–Crippen LogP) is 14.1. The smallest absolute Gasteiger partial charge is 0.124 e. The fourth-order valence-electron chi connectivity index (χ4n) is 8.14. The SMILES string of the molecule is CC(C)(C)c1cc(-c2cc(-c3cccc(-c4cc(-c5cccc6c7cc(C#N)ccc7n(-c7ccccc7)c56)ccn4)c3)nc(-c3ccccc3O)c2)cc(C(C)(C)C)c1. The van der Waals surface area contributed by atoms with E-state index in [1.54, 1.807) is 6.07 Å². The van der Waals surface area contributed by atoms with Crippen molar-refractivity contribution < 1.29 is 5.11 Å². The van der Waals surface area contributed by atoms with Gasteiger partial charge in [-0.2, -0.15) is 5.26 Å². The Labute approximate surface area is 351 Å². The van der Waals surface area contributed by atoms with Crippen LogP contribution in [0.15, 0.2) is 164 Å². The quantitative estimate of drug-likeness (QED) is 0.182. The lowest BCUT2D eigenvalue weighted by Crippen LogP contribution is -2.16. The zero-order valence-corrected chi connectivity index (χ0v) is 34.8. The van der Waals surface area contributed by atoms with E-state index >= 15 is 0 Å². The zero-order valence-electron chi connectivity index (χ0n) is 34.8. The Balaban J connectivity index is 1.19. The minimum Gasteiger partial charge on any atom is -0.507 e. The molecule has 0 saturated carbocycles. The second-order valence-electron chi connectivity index (χ2n) is 17.7. The fourth-order valence-corrected chi connectivity index (χ4v) is 8.14. The van der Waals surface area contributed by atoms with Crippen molar-refractivity contribution >= 4 is 21.8 Å². The van der Waals surface area contributed by atoms with Gasteiger partial charge in [-0.1, -0.05) is 126 Å². The molecule has 0 aliphatic carbocycles. The Hall–Kier alpha value is -7.29. The van der Waals surface area contributed by atoms with E-state index in [9.17, 15) is 10.4 Å². The van der Waals surface area contributed by atoms with Crippen molar-refractivity contribution in [2.45, 2.75) is 52.4 Å². The Morgan fingerprint density at radius 3 is 1.87 bits per heavy atom. The van der Waals surface area contributed by atoms with Crippen LogP contribution < -0.4 is 0 Å². The number of phenolic OH excluding ortho intramolecular Hbond substituents is 1. The van der Waals surface area contributed by atoms with Crippen LogP contribution in [0.2, 0.25) is 0 Å². The molecule has 9 aromatic rings. The summed E-state index contributed by atoms with van der Waals surface area (Å²) in [6.07, 6.45) is 1.88. The molecule has 0 spiro atoms. The lowest BCUT2D eigenvalue weighted by atomic mass is 9.79. The molecule has 0 atom stereocenters. The molecule has 3 heterocycles. The minimum atomic E-state index is -0.0488. The van der Waals surface area contributed by atoms with Gasteiger partial charge < -0.3 is 9.67 Å². The molecule has 0 bridgehead atoms. The van der Waals surface area contributed by atoms with E-state index < -0.39 is 0 Å². The first-order valence-electron chi connectivity index (χ1n) is 20.4. The van der Waals surface area contributed by atoms with Gasteiger partial charge in [-0.25, -0.2) is 4.98 Å². The molecule has 6 aromatic carbocycles. The molecule has 5 nitrogen and oxygen atoms in total. The number of nitrogens with zero attached hydrogens (tertiary/aromatic N) is 4. The molecular weight excluding hydrogens is 733 g/mol. The molecule has 3 aromatic heterocycles. The standard InChI is InChI=1S/C55H46N4O/c1-54(2,3)41-28-39(29-42(33-41)55(4,5)6)40-31-49(58-50(32-40)46-18-10-11-21-52(46)60)38-15-12-14-37(27-38)48-30-36(24-25-57-48)44-19-13-20-45-47-26-35(34-56)22-23-51(47)59(53(44)45)43-16-8-7-9-17-43/h7-33,60H,1-6H3. The monoisotopic (exact) mass is 778 g/mol. The van der Waals surface area contributed by atoms with E-state index in [1.807, 2.05) is 48.7 Å². The van der Waals surface area contributed by atoms with Crippen molar-refractivity contribution in [3.63, 3.8) is 0 Å². The van der Waals surface area contributed by atoms with Crippen molar-refractivity contribution in [2.75, 3.05) is 0 Å². The summed E-state index contributed by atoms with van der Waals surface area (Å²) >= 11 is 0. The van der Waals surface area contributed by atoms with Gasteiger partial charge >= 0.3 is 0 Å². The number of nitriles is 1. The highest BCUT2D eigenvalue weighted by atomic mass is 16.3. The number of hydrogen-bond acceptors (Lipinski definition) is 4. The normalized spacial score (nSPS) is 11.9. The van der Waals surface area contributed by atoms with Crippen LogP contribution in [0.5, 0.6) is 5.75 Å². The van der Waals surface area contributed by atoms with Gasteiger partial charge in [-0.3, -0.25) is 4.98 Å². The molecule has 9 rings (SSSR count). The molecular formula is C55H46N4O. The summed E-state index contributed by atoms with van der Waals surface area (Å²) in [6, 6.07) is 56.3. The van der Waals surface area contributed by atoms with Gasteiger partial charge in [0.05, 0.1) is 39.7 Å². The van der Waals surface area contributed by atoms with Crippen molar-refractivity contribution in [3.8, 4) is 73.5 Å². The van der Waals surface area contributed by atoms with Gasteiger partial charge in [0, 0.05) is 44.9 Å². The first kappa shape index (κ1) is 38.2. The Kier molecular flexibility index (Phi) is 9.45. The second kappa shape index (κ2) is 14.8. The number of fused-ring (bicyclic) bond motifs is 3. The van der Waals surface area contributed by atoms with Crippen LogP contribution in [0.3, 0.4) is 0 Å². The molecule has 5 heteroatoms. The van der Waals surface area contributed by atoms with E-state index in [1.165, 1.54) is 11.1 Å². The number of hydrogen-bond donors (Lipinski definition) is 1. The number of pyridine rings is 2. The summed E-state index contributed by atoms with van der Waals surface area (Å²) in [5.74, 6) is 0.188. The molecule has 0 fully saturated rings. The summed E-state index contributed by atoms with van der Waals surface area (Å²) < 4.78 is 2.30. The van der Waals surface area contributed by atoms with Crippen LogP contribution in [0.4, 0.5) is 0 Å². The highest BCUT2D eigenvalue weighted by molar-refractivity contribution is 6.14. The van der Waals surface area contributed by atoms with Crippen molar-refractivity contribution in [1.82, 2.24) is 14.5 Å². The second-order valence-corrected chi connectivity index (χ2v) is 17.7. The molecule has 0 amide bonds. The number of aromatic hydroxyl groups is 1. The highest BCUT2D eigenvalue weighted by Gasteiger charge is 2.23. The lowest BCUT2D eigenvalue weighted by Gasteiger charge is -2.26. The van der Waals surface area contributed by atoms with Crippen molar-refractivity contribution in [3.05, 3.63) is 181 Å². The van der Waals surface area contributed by atoms with E-state index in [2.05, 4.69) is 161 Å². The van der Waals surface area contributed by atoms with Gasteiger partial charge in [0.2, 0.25) is 0 Å². The van der Waals surface area contributed by atoms with Crippen LogP contribution in [-0.4, -0.2) is 19.6 Å². The Morgan fingerprint density at radius 1 is 0.517 bits per heavy atom. The first-order chi connectivity index (χ1) is 28.9. The summed E-state index contributed by atoms with van der Waals surface area (Å²) in [7, 11) is 0. The van der Waals surface area contributed by atoms with Gasteiger partial charge in [0.1, 0.15) is 5.75 Å². The molecule has 0 saturated heterocycles. The van der Waals surface area contributed by atoms with E-state index in [4.69, 9.17) is 9.97 Å². The Morgan fingerprint density at radius 2 is 1.15 bits per heavy atom. The summed E-state index contributed by atoms with van der Waals surface area (Å²) in [6.45, 7) is 13.5. The molecule has 0 aliphatic heterocycles. The number of benzene rings is 6. The zero-order chi connectivity index (χ0) is 41.8. The number of rotatable bonds is 6. The topological polar surface area (TPSA) is 74.7 Å². The predicted molar refractivity (Wildman–Crippen MR) is 247 cm³/mol. The van der Waals surface area contributed by atoms with E-state index in [0.717, 1.165) is 72.3 Å². The molecule has 292 valence electrons.